The Labute approximate surface area is 151 Å². The van der Waals surface area contributed by atoms with Crippen molar-refractivity contribution < 1.29 is 17.9 Å². The molecular formula is C17H17ClN2O4S. The number of fused-ring (bicyclic) bond motifs is 1. The van der Waals surface area contributed by atoms with Gasteiger partial charge in [0.2, 0.25) is 10.0 Å². The van der Waals surface area contributed by atoms with Crippen LogP contribution in [0.25, 0.3) is 0 Å². The van der Waals surface area contributed by atoms with E-state index in [1.54, 1.807) is 55.6 Å². The van der Waals surface area contributed by atoms with Crippen LogP contribution in [0, 0.1) is 0 Å². The molecule has 0 saturated carbocycles. The number of carbonyl (C=O) groups is 1. The molecule has 1 heterocycles. The van der Waals surface area contributed by atoms with Crippen molar-refractivity contribution in [3.05, 3.63) is 59.1 Å². The molecule has 1 atom stereocenters. The highest BCUT2D eigenvalue weighted by Gasteiger charge is 2.32. The molecule has 0 aliphatic carbocycles. The van der Waals surface area contributed by atoms with Crippen molar-refractivity contribution in [1.29, 1.82) is 0 Å². The minimum absolute atomic E-state index is 0.132. The quantitative estimate of drug-likeness (QED) is 0.862. The number of nitrogens with zero attached hydrogens (tertiary/aromatic N) is 1. The molecule has 8 heteroatoms. The smallest absolute Gasteiger partial charge is 0.269 e. The van der Waals surface area contributed by atoms with Crippen molar-refractivity contribution in [2.45, 2.75) is 11.9 Å². The Morgan fingerprint density at radius 1 is 1.16 bits per heavy atom. The molecule has 1 aliphatic heterocycles. The van der Waals surface area contributed by atoms with Crippen molar-refractivity contribution >= 4 is 33.2 Å². The van der Waals surface area contributed by atoms with Gasteiger partial charge in [0.05, 0.1) is 18.0 Å². The fourth-order valence-electron chi connectivity index (χ4n) is 2.56. The first kappa shape index (κ1) is 17.7. The number of halogens is 1. The second-order valence-electron chi connectivity index (χ2n) is 5.71. The Bertz CT molecular complexity index is 884. The molecule has 0 radical (unpaired) electrons. The third-order valence-electron chi connectivity index (χ3n) is 3.86. The number of anilines is 1. The fraction of sp³-hybridized carbons (Fsp3) is 0.235. The van der Waals surface area contributed by atoms with Gasteiger partial charge in [0, 0.05) is 12.1 Å². The highest BCUT2D eigenvalue weighted by Crippen LogP contribution is 2.32. The first-order chi connectivity index (χ1) is 11.9. The van der Waals surface area contributed by atoms with Crippen molar-refractivity contribution in [2.24, 2.45) is 0 Å². The normalized spacial score (nSPS) is 17.1. The fourth-order valence-corrected chi connectivity index (χ4v) is 3.82. The maximum atomic E-state index is 12.4. The molecule has 1 N–H and O–H groups in total. The van der Waals surface area contributed by atoms with E-state index in [0.717, 1.165) is 0 Å². The van der Waals surface area contributed by atoms with Crippen molar-refractivity contribution in [3.8, 4) is 5.75 Å². The number of ether oxygens (including phenoxy) is 1. The van der Waals surface area contributed by atoms with Gasteiger partial charge in [-0.2, -0.15) is 0 Å². The van der Waals surface area contributed by atoms with Crippen molar-refractivity contribution in [2.75, 3.05) is 18.5 Å². The topological polar surface area (TPSA) is 75.7 Å². The van der Waals surface area contributed by atoms with E-state index in [9.17, 15) is 13.2 Å². The first-order valence-electron chi connectivity index (χ1n) is 7.61. The van der Waals surface area contributed by atoms with Gasteiger partial charge in [0.15, 0.2) is 6.10 Å². The number of amides is 1. The summed E-state index contributed by atoms with van der Waals surface area (Å²) in [4.78, 5) is 13.8. The molecule has 0 fully saturated rings. The summed E-state index contributed by atoms with van der Waals surface area (Å²) in [6.45, 7) is -0.132. The predicted octanol–water partition coefficient (Wildman–Crippen LogP) is 2.18. The summed E-state index contributed by atoms with van der Waals surface area (Å²) < 4.78 is 32.6. The molecule has 25 heavy (non-hydrogen) atoms. The van der Waals surface area contributed by atoms with Gasteiger partial charge in [-0.15, -0.1) is 0 Å². The Hall–Kier alpha value is -2.09. The first-order valence-corrected chi connectivity index (χ1v) is 9.64. The van der Waals surface area contributed by atoms with Crippen LogP contribution in [-0.4, -0.2) is 34.0 Å². The van der Waals surface area contributed by atoms with E-state index >= 15 is 0 Å². The lowest BCUT2D eigenvalue weighted by Gasteiger charge is -2.31. The number of para-hydroxylation sites is 2. The zero-order valence-corrected chi connectivity index (χ0v) is 15.0. The number of sulfonamides is 1. The standard InChI is InChI=1S/C17H17ClN2O4S/c1-20-14-4-2-3-5-15(14)24-16(17(20)21)10-19-25(22,23)11-12-6-8-13(18)9-7-12/h2-9,16,19H,10-11H2,1H3. The lowest BCUT2D eigenvalue weighted by Crippen LogP contribution is -2.49. The Kier molecular flexibility index (Phi) is 4.99. The van der Waals surface area contributed by atoms with Crippen LogP contribution < -0.4 is 14.4 Å². The van der Waals surface area contributed by atoms with Gasteiger partial charge in [-0.1, -0.05) is 35.9 Å². The summed E-state index contributed by atoms with van der Waals surface area (Å²) in [6.07, 6.45) is -0.903. The van der Waals surface area contributed by atoms with Crippen LogP contribution in [0.5, 0.6) is 5.75 Å². The Balaban J connectivity index is 1.66. The Morgan fingerprint density at radius 2 is 1.84 bits per heavy atom. The van der Waals surface area contributed by atoms with Crippen LogP contribution in [-0.2, 0) is 20.6 Å². The molecule has 0 bridgehead atoms. The number of hydrogen-bond donors (Lipinski definition) is 1. The zero-order chi connectivity index (χ0) is 18.0. The molecule has 6 nitrogen and oxygen atoms in total. The lowest BCUT2D eigenvalue weighted by molar-refractivity contribution is -0.125. The minimum atomic E-state index is -3.61. The Morgan fingerprint density at radius 3 is 2.56 bits per heavy atom. The number of benzene rings is 2. The number of carbonyl (C=O) groups excluding carboxylic acids is 1. The summed E-state index contributed by atoms with van der Waals surface area (Å²) in [6, 6.07) is 13.7. The van der Waals surface area contributed by atoms with Crippen LogP contribution in [0.3, 0.4) is 0 Å². The molecule has 1 amide bonds. The largest absolute Gasteiger partial charge is 0.477 e. The molecule has 3 rings (SSSR count). The lowest BCUT2D eigenvalue weighted by atomic mass is 10.2. The summed E-state index contributed by atoms with van der Waals surface area (Å²) in [7, 11) is -1.97. The van der Waals surface area contributed by atoms with Crippen molar-refractivity contribution in [1.82, 2.24) is 4.72 Å². The van der Waals surface area contributed by atoms with Gasteiger partial charge in [0.25, 0.3) is 5.91 Å². The monoisotopic (exact) mass is 380 g/mol. The number of rotatable bonds is 5. The summed E-state index contributed by atoms with van der Waals surface area (Å²) in [5.74, 6) is 0.0525. The molecule has 2 aromatic rings. The van der Waals surface area contributed by atoms with Gasteiger partial charge >= 0.3 is 0 Å². The second-order valence-corrected chi connectivity index (χ2v) is 7.95. The van der Waals surface area contributed by atoms with Crippen LogP contribution in [0.1, 0.15) is 5.56 Å². The van der Waals surface area contributed by atoms with E-state index in [1.165, 1.54) is 4.90 Å². The van der Waals surface area contributed by atoms with Crippen LogP contribution >= 0.6 is 11.6 Å². The molecule has 0 saturated heterocycles. The van der Waals surface area contributed by atoms with E-state index < -0.39 is 16.1 Å². The SMILES string of the molecule is CN1C(=O)C(CNS(=O)(=O)Cc2ccc(Cl)cc2)Oc2ccccc21. The van der Waals surface area contributed by atoms with Crippen LogP contribution in [0.4, 0.5) is 5.69 Å². The number of hydrogen-bond acceptors (Lipinski definition) is 4. The summed E-state index contributed by atoms with van der Waals surface area (Å²) >= 11 is 5.79. The number of nitrogens with one attached hydrogen (secondary N) is 1. The molecule has 1 unspecified atom stereocenters. The molecular weight excluding hydrogens is 364 g/mol. The van der Waals surface area contributed by atoms with Gasteiger partial charge in [-0.3, -0.25) is 4.79 Å². The highest BCUT2D eigenvalue weighted by molar-refractivity contribution is 7.88. The number of likely N-dealkylation sites (N-methyl/N-ethyl adjacent to an activating group) is 1. The molecule has 0 aromatic heterocycles. The molecule has 132 valence electrons. The molecule has 0 spiro atoms. The van der Waals surface area contributed by atoms with E-state index in [-0.39, 0.29) is 18.2 Å². The van der Waals surface area contributed by atoms with E-state index in [1.807, 2.05) is 0 Å². The van der Waals surface area contributed by atoms with Gasteiger partial charge in [-0.25, -0.2) is 13.1 Å². The van der Waals surface area contributed by atoms with Gasteiger partial charge < -0.3 is 9.64 Å². The van der Waals surface area contributed by atoms with Crippen molar-refractivity contribution in [3.63, 3.8) is 0 Å². The molecule has 1 aliphatic rings. The van der Waals surface area contributed by atoms with Crippen LogP contribution in [0.15, 0.2) is 48.5 Å². The third-order valence-corrected chi connectivity index (χ3v) is 5.43. The second kappa shape index (κ2) is 7.03. The van der Waals surface area contributed by atoms with E-state index in [4.69, 9.17) is 16.3 Å². The predicted molar refractivity (Wildman–Crippen MR) is 96.3 cm³/mol. The van der Waals surface area contributed by atoms with E-state index in [0.29, 0.717) is 22.0 Å². The maximum Gasteiger partial charge on any atom is 0.269 e. The highest BCUT2D eigenvalue weighted by atomic mass is 35.5. The average Bonchev–Trinajstić information content (AvgIpc) is 2.59. The zero-order valence-electron chi connectivity index (χ0n) is 13.5. The molecule has 2 aromatic carbocycles. The van der Waals surface area contributed by atoms with Gasteiger partial charge in [0.1, 0.15) is 5.75 Å². The van der Waals surface area contributed by atoms with Gasteiger partial charge in [-0.05, 0) is 29.8 Å². The average molecular weight is 381 g/mol. The summed E-state index contributed by atoms with van der Waals surface area (Å²) in [5.41, 5.74) is 1.27. The summed E-state index contributed by atoms with van der Waals surface area (Å²) in [5, 5.41) is 0.539. The maximum absolute atomic E-state index is 12.4. The van der Waals surface area contributed by atoms with Crippen LogP contribution in [0.2, 0.25) is 5.02 Å². The van der Waals surface area contributed by atoms with E-state index in [2.05, 4.69) is 4.72 Å². The third kappa shape index (κ3) is 4.12. The minimum Gasteiger partial charge on any atom is -0.477 e.